The summed E-state index contributed by atoms with van der Waals surface area (Å²) >= 11 is 0. The minimum Gasteiger partial charge on any atom is -0.465 e. The Balaban J connectivity index is 1.60. The third-order valence-corrected chi connectivity index (χ3v) is 5.88. The molecule has 3 aromatic rings. The van der Waals surface area contributed by atoms with Crippen LogP contribution >= 0.6 is 0 Å². The van der Waals surface area contributed by atoms with Crippen LogP contribution in [0.2, 0.25) is 0 Å². The summed E-state index contributed by atoms with van der Waals surface area (Å²) in [7, 11) is 1.27. The summed E-state index contributed by atoms with van der Waals surface area (Å²) in [5, 5.41) is 1.07. The number of esters is 1. The van der Waals surface area contributed by atoms with E-state index in [4.69, 9.17) is 4.74 Å². The Morgan fingerprint density at radius 2 is 1.83 bits per heavy atom. The average Bonchev–Trinajstić information content (AvgIpc) is 3.23. The zero-order chi connectivity index (χ0) is 20.3. The standard InChI is InChI=1S/C22H19N3O4/c1-12-19-15(13-7-3-5-9-16(13)23-19)11-18-20(26)25(22(28)24(12)18)17-10-6-4-8-14(17)21(27)29-2/h3-10,12,18,23H,11H2,1-2H3/t12-,18-/m0/s1. The van der Waals surface area contributed by atoms with E-state index in [1.807, 2.05) is 31.2 Å². The first-order chi connectivity index (χ1) is 14.0. The molecule has 2 aromatic carbocycles. The maximum Gasteiger partial charge on any atom is 0.339 e. The van der Waals surface area contributed by atoms with Gasteiger partial charge in [0.15, 0.2) is 0 Å². The molecule has 1 fully saturated rings. The third kappa shape index (κ3) is 2.33. The van der Waals surface area contributed by atoms with Crippen molar-refractivity contribution in [3.05, 3.63) is 65.4 Å². The van der Waals surface area contributed by atoms with Gasteiger partial charge in [0.1, 0.15) is 6.04 Å². The van der Waals surface area contributed by atoms with Crippen LogP contribution < -0.4 is 4.90 Å². The van der Waals surface area contributed by atoms with Gasteiger partial charge in [-0.05, 0) is 30.7 Å². The summed E-state index contributed by atoms with van der Waals surface area (Å²) in [4.78, 5) is 44.9. The molecule has 0 saturated carbocycles. The number of fused-ring (bicyclic) bond motifs is 4. The number of nitrogens with one attached hydrogen (secondary N) is 1. The van der Waals surface area contributed by atoms with Gasteiger partial charge in [0.05, 0.1) is 24.4 Å². The Labute approximate surface area is 166 Å². The van der Waals surface area contributed by atoms with E-state index in [9.17, 15) is 14.4 Å². The first-order valence-electron chi connectivity index (χ1n) is 9.46. The highest BCUT2D eigenvalue weighted by molar-refractivity contribution is 6.23. The van der Waals surface area contributed by atoms with Gasteiger partial charge in [-0.3, -0.25) is 4.79 Å². The number of benzene rings is 2. The molecule has 0 bridgehead atoms. The smallest absolute Gasteiger partial charge is 0.339 e. The number of aromatic amines is 1. The van der Waals surface area contributed by atoms with Crippen molar-refractivity contribution in [2.45, 2.75) is 25.4 Å². The number of hydrogen-bond donors (Lipinski definition) is 1. The van der Waals surface area contributed by atoms with Crippen molar-refractivity contribution in [2.75, 3.05) is 12.0 Å². The molecule has 3 heterocycles. The molecule has 1 saturated heterocycles. The molecule has 5 rings (SSSR count). The number of carbonyl (C=O) groups is 3. The zero-order valence-corrected chi connectivity index (χ0v) is 16.0. The molecule has 0 aliphatic carbocycles. The normalized spacial score (nSPS) is 20.8. The molecule has 7 heteroatoms. The first-order valence-corrected chi connectivity index (χ1v) is 9.46. The summed E-state index contributed by atoms with van der Waals surface area (Å²) in [6.07, 6.45) is 0.436. The molecule has 2 atom stereocenters. The second-order valence-electron chi connectivity index (χ2n) is 7.33. The maximum atomic E-state index is 13.3. The molecule has 7 nitrogen and oxygen atoms in total. The fourth-order valence-corrected chi connectivity index (χ4v) is 4.54. The number of carbonyl (C=O) groups excluding carboxylic acids is 3. The second-order valence-corrected chi connectivity index (χ2v) is 7.33. The maximum absolute atomic E-state index is 13.3. The monoisotopic (exact) mass is 389 g/mol. The van der Waals surface area contributed by atoms with Gasteiger partial charge in [-0.25, -0.2) is 14.5 Å². The van der Waals surface area contributed by atoms with Crippen LogP contribution in [0.1, 0.15) is 34.6 Å². The van der Waals surface area contributed by atoms with Crippen LogP contribution in [0.5, 0.6) is 0 Å². The van der Waals surface area contributed by atoms with Gasteiger partial charge in [0.2, 0.25) is 0 Å². The predicted octanol–water partition coefficient (Wildman–Crippen LogP) is 3.41. The van der Waals surface area contributed by atoms with Crippen LogP contribution in [0, 0.1) is 0 Å². The number of H-pyrrole nitrogens is 1. The van der Waals surface area contributed by atoms with Gasteiger partial charge in [-0.1, -0.05) is 30.3 Å². The highest BCUT2D eigenvalue weighted by Gasteiger charge is 2.52. The summed E-state index contributed by atoms with van der Waals surface area (Å²) in [6.45, 7) is 1.92. The van der Waals surface area contributed by atoms with E-state index in [1.165, 1.54) is 7.11 Å². The SMILES string of the molecule is COC(=O)c1ccccc1N1C(=O)[C@@H]2Cc3c([nH]c4ccccc34)[C@H](C)N2C1=O. The number of anilines is 1. The van der Waals surface area contributed by atoms with Crippen molar-refractivity contribution >= 4 is 34.5 Å². The molecule has 2 aliphatic rings. The number of amides is 3. The molecule has 3 amide bonds. The van der Waals surface area contributed by atoms with Crippen LogP contribution in [0.4, 0.5) is 10.5 Å². The van der Waals surface area contributed by atoms with Crippen LogP contribution in [-0.4, -0.2) is 40.9 Å². The molecule has 1 N–H and O–H groups in total. The lowest BCUT2D eigenvalue weighted by Crippen LogP contribution is -2.42. The van der Waals surface area contributed by atoms with Crippen molar-refractivity contribution in [3.8, 4) is 0 Å². The number of nitrogens with zero attached hydrogens (tertiary/aromatic N) is 2. The van der Waals surface area contributed by atoms with Gasteiger partial charge in [0, 0.05) is 23.0 Å². The number of hydrogen-bond acceptors (Lipinski definition) is 4. The van der Waals surface area contributed by atoms with Crippen molar-refractivity contribution in [2.24, 2.45) is 0 Å². The van der Waals surface area contributed by atoms with Gasteiger partial charge in [-0.15, -0.1) is 0 Å². The first kappa shape index (κ1) is 17.5. The van der Waals surface area contributed by atoms with Gasteiger partial charge >= 0.3 is 12.0 Å². The van der Waals surface area contributed by atoms with E-state index in [0.717, 1.165) is 27.1 Å². The van der Waals surface area contributed by atoms with E-state index in [1.54, 1.807) is 29.2 Å². The van der Waals surface area contributed by atoms with E-state index >= 15 is 0 Å². The minimum atomic E-state index is -0.602. The predicted molar refractivity (Wildman–Crippen MR) is 107 cm³/mol. The quantitative estimate of drug-likeness (QED) is 0.538. The summed E-state index contributed by atoms with van der Waals surface area (Å²) < 4.78 is 4.83. The largest absolute Gasteiger partial charge is 0.465 e. The number of ether oxygens (including phenoxy) is 1. The number of aromatic nitrogens is 1. The fraction of sp³-hybridized carbons (Fsp3) is 0.227. The van der Waals surface area contributed by atoms with Crippen molar-refractivity contribution < 1.29 is 19.1 Å². The van der Waals surface area contributed by atoms with Crippen LogP contribution in [-0.2, 0) is 16.0 Å². The van der Waals surface area contributed by atoms with Crippen molar-refractivity contribution in [3.63, 3.8) is 0 Å². The summed E-state index contributed by atoms with van der Waals surface area (Å²) in [5.74, 6) is -0.913. The Bertz CT molecular complexity index is 1180. The van der Waals surface area contributed by atoms with Crippen molar-refractivity contribution in [1.29, 1.82) is 0 Å². The Morgan fingerprint density at radius 1 is 1.10 bits per heavy atom. The summed E-state index contributed by atoms with van der Waals surface area (Å²) in [6, 6.07) is 13.1. The third-order valence-electron chi connectivity index (χ3n) is 5.88. The van der Waals surface area contributed by atoms with Gasteiger partial charge < -0.3 is 14.6 Å². The number of urea groups is 1. The topological polar surface area (TPSA) is 82.7 Å². The molecule has 0 unspecified atom stereocenters. The average molecular weight is 389 g/mol. The van der Waals surface area contributed by atoms with Crippen molar-refractivity contribution in [1.82, 2.24) is 9.88 Å². The van der Waals surface area contributed by atoms with Gasteiger partial charge in [-0.2, -0.15) is 0 Å². The zero-order valence-electron chi connectivity index (χ0n) is 16.0. The number of imide groups is 1. The van der Waals surface area contributed by atoms with Gasteiger partial charge in [0.25, 0.3) is 5.91 Å². The second kappa shape index (κ2) is 6.20. The molecular weight excluding hydrogens is 370 g/mol. The number of rotatable bonds is 2. The van der Waals surface area contributed by atoms with E-state index in [-0.39, 0.29) is 23.2 Å². The molecule has 2 aliphatic heterocycles. The Kier molecular flexibility index (Phi) is 3.74. The van der Waals surface area contributed by atoms with E-state index < -0.39 is 18.0 Å². The highest BCUT2D eigenvalue weighted by atomic mass is 16.5. The lowest BCUT2D eigenvalue weighted by atomic mass is 9.93. The number of methoxy groups -OCH3 is 1. The lowest BCUT2D eigenvalue weighted by Gasteiger charge is -2.33. The molecule has 29 heavy (non-hydrogen) atoms. The molecular formula is C22H19N3O4. The van der Waals surface area contributed by atoms with E-state index in [2.05, 4.69) is 4.98 Å². The fourth-order valence-electron chi connectivity index (χ4n) is 4.54. The van der Waals surface area contributed by atoms with Crippen LogP contribution in [0.3, 0.4) is 0 Å². The summed E-state index contributed by atoms with van der Waals surface area (Å²) in [5.41, 5.74) is 3.46. The lowest BCUT2D eigenvalue weighted by molar-refractivity contribution is -0.120. The Morgan fingerprint density at radius 3 is 2.62 bits per heavy atom. The molecule has 0 radical (unpaired) electrons. The van der Waals surface area contributed by atoms with E-state index in [0.29, 0.717) is 6.42 Å². The molecule has 146 valence electrons. The molecule has 1 aromatic heterocycles. The number of para-hydroxylation sites is 2. The molecule has 0 spiro atoms. The highest BCUT2D eigenvalue weighted by Crippen LogP contribution is 2.42. The van der Waals surface area contributed by atoms with Crippen LogP contribution in [0.25, 0.3) is 10.9 Å². The van der Waals surface area contributed by atoms with Crippen LogP contribution in [0.15, 0.2) is 48.5 Å². The Hall–Kier alpha value is -3.61. The minimum absolute atomic E-state index is 0.188.